The molecule has 0 radical (unpaired) electrons. The number of hydrogen-bond acceptors (Lipinski definition) is 5. The topological polar surface area (TPSA) is 63.5 Å². The van der Waals surface area contributed by atoms with Gasteiger partial charge in [0.15, 0.2) is 0 Å². The van der Waals surface area contributed by atoms with Gasteiger partial charge < -0.3 is 14.2 Å². The highest BCUT2D eigenvalue weighted by Gasteiger charge is 2.32. The second-order valence-corrected chi connectivity index (χ2v) is 5.51. The van der Waals surface area contributed by atoms with Gasteiger partial charge in [0.05, 0.1) is 26.9 Å². The van der Waals surface area contributed by atoms with E-state index in [0.29, 0.717) is 36.3 Å². The van der Waals surface area contributed by atoms with Crippen molar-refractivity contribution in [1.29, 1.82) is 5.26 Å². The highest BCUT2D eigenvalue weighted by Crippen LogP contribution is 2.28. The molecule has 21 heavy (non-hydrogen) atoms. The van der Waals surface area contributed by atoms with Crippen LogP contribution < -0.4 is 19.5 Å². The van der Waals surface area contributed by atoms with E-state index in [1.807, 2.05) is 6.92 Å². The molecule has 1 aliphatic carbocycles. The smallest absolute Gasteiger partial charge is 0.126 e. The van der Waals surface area contributed by atoms with Crippen molar-refractivity contribution in [2.45, 2.75) is 37.8 Å². The van der Waals surface area contributed by atoms with Gasteiger partial charge in [0.2, 0.25) is 0 Å². The van der Waals surface area contributed by atoms with Crippen molar-refractivity contribution in [3.05, 3.63) is 18.2 Å². The molecule has 1 N–H and O–H groups in total. The van der Waals surface area contributed by atoms with Gasteiger partial charge in [0.1, 0.15) is 22.8 Å². The molecule has 1 aromatic rings. The number of benzene rings is 1. The molecule has 1 fully saturated rings. The SMILES string of the molecule is COc1cc(OC)cc(OCCC(C)(C#N)NC2CC2)c1. The van der Waals surface area contributed by atoms with Crippen LogP contribution in [0.25, 0.3) is 0 Å². The molecule has 114 valence electrons. The first kappa shape index (κ1) is 15.5. The van der Waals surface area contributed by atoms with E-state index in [4.69, 9.17) is 14.2 Å². The molecule has 5 nitrogen and oxygen atoms in total. The Morgan fingerprint density at radius 3 is 2.24 bits per heavy atom. The molecule has 1 aliphatic rings. The first-order valence-corrected chi connectivity index (χ1v) is 7.13. The fraction of sp³-hybridized carbons (Fsp3) is 0.562. The standard InChI is InChI=1S/C16H22N2O3/c1-16(11-17,18-12-4-5-12)6-7-21-15-9-13(19-2)8-14(10-15)20-3/h8-10,12,18H,4-7H2,1-3H3. The lowest BCUT2D eigenvalue weighted by Gasteiger charge is -2.23. The normalized spacial score (nSPS) is 16.7. The minimum Gasteiger partial charge on any atom is -0.496 e. The van der Waals surface area contributed by atoms with Crippen LogP contribution in [0.4, 0.5) is 0 Å². The summed E-state index contributed by atoms with van der Waals surface area (Å²) in [4.78, 5) is 0. The molecule has 0 spiro atoms. The van der Waals surface area contributed by atoms with E-state index >= 15 is 0 Å². The summed E-state index contributed by atoms with van der Waals surface area (Å²) in [5, 5.41) is 12.7. The average molecular weight is 290 g/mol. The number of ether oxygens (including phenoxy) is 3. The highest BCUT2D eigenvalue weighted by molar-refractivity contribution is 5.42. The molecule has 0 aliphatic heterocycles. The Morgan fingerprint density at radius 2 is 1.76 bits per heavy atom. The molecule has 0 bridgehead atoms. The summed E-state index contributed by atoms with van der Waals surface area (Å²) in [6, 6.07) is 8.24. The van der Waals surface area contributed by atoms with E-state index in [-0.39, 0.29) is 0 Å². The van der Waals surface area contributed by atoms with Gasteiger partial charge in [0.25, 0.3) is 0 Å². The van der Waals surface area contributed by atoms with Crippen LogP contribution in [0.3, 0.4) is 0 Å². The van der Waals surface area contributed by atoms with Crippen LogP contribution in [0.1, 0.15) is 26.2 Å². The summed E-state index contributed by atoms with van der Waals surface area (Å²) in [5.74, 6) is 2.05. The van der Waals surface area contributed by atoms with Crippen molar-refractivity contribution < 1.29 is 14.2 Å². The fourth-order valence-electron chi connectivity index (χ4n) is 2.08. The largest absolute Gasteiger partial charge is 0.496 e. The molecule has 1 atom stereocenters. The summed E-state index contributed by atoms with van der Waals surface area (Å²) in [6.07, 6.45) is 2.94. The third-order valence-corrected chi connectivity index (χ3v) is 3.54. The maximum atomic E-state index is 9.32. The Kier molecular flexibility index (Phi) is 4.92. The molecule has 1 aromatic carbocycles. The molecule has 5 heteroatoms. The Bertz CT molecular complexity index is 500. The van der Waals surface area contributed by atoms with Crippen LogP contribution in [0.15, 0.2) is 18.2 Å². The third kappa shape index (κ3) is 4.54. The Labute approximate surface area is 125 Å². The fourth-order valence-corrected chi connectivity index (χ4v) is 2.08. The van der Waals surface area contributed by atoms with Gasteiger partial charge in [-0.05, 0) is 19.8 Å². The van der Waals surface area contributed by atoms with Crippen LogP contribution in [-0.4, -0.2) is 32.4 Å². The second-order valence-electron chi connectivity index (χ2n) is 5.51. The lowest BCUT2D eigenvalue weighted by molar-refractivity contribution is 0.263. The third-order valence-electron chi connectivity index (χ3n) is 3.54. The maximum absolute atomic E-state index is 9.32. The van der Waals surface area contributed by atoms with Crippen molar-refractivity contribution in [2.75, 3.05) is 20.8 Å². The molecule has 0 aromatic heterocycles. The van der Waals surface area contributed by atoms with E-state index in [1.54, 1.807) is 32.4 Å². The van der Waals surface area contributed by atoms with Gasteiger partial charge in [-0.2, -0.15) is 5.26 Å². The van der Waals surface area contributed by atoms with E-state index < -0.39 is 5.54 Å². The zero-order valence-electron chi connectivity index (χ0n) is 12.8. The van der Waals surface area contributed by atoms with Crippen molar-refractivity contribution >= 4 is 0 Å². The predicted octanol–water partition coefficient (Wildman–Crippen LogP) is 2.51. The Balaban J connectivity index is 1.91. The number of rotatable bonds is 8. The van der Waals surface area contributed by atoms with Crippen LogP contribution >= 0.6 is 0 Å². The van der Waals surface area contributed by atoms with E-state index in [2.05, 4.69) is 11.4 Å². The van der Waals surface area contributed by atoms with Crippen LogP contribution in [-0.2, 0) is 0 Å². The average Bonchev–Trinajstić information content (AvgIpc) is 3.30. The maximum Gasteiger partial charge on any atom is 0.126 e. The number of nitrogens with one attached hydrogen (secondary N) is 1. The molecule has 1 saturated carbocycles. The van der Waals surface area contributed by atoms with Crippen LogP contribution in [0.2, 0.25) is 0 Å². The second kappa shape index (κ2) is 6.68. The van der Waals surface area contributed by atoms with E-state index in [9.17, 15) is 5.26 Å². The van der Waals surface area contributed by atoms with Gasteiger partial charge in [-0.15, -0.1) is 0 Å². The molecule has 2 rings (SSSR count). The van der Waals surface area contributed by atoms with E-state index in [0.717, 1.165) is 12.8 Å². The summed E-state index contributed by atoms with van der Waals surface area (Å²) in [5.41, 5.74) is -0.538. The van der Waals surface area contributed by atoms with Crippen LogP contribution in [0.5, 0.6) is 17.2 Å². The number of hydrogen-bond donors (Lipinski definition) is 1. The zero-order valence-corrected chi connectivity index (χ0v) is 12.8. The molecular formula is C16H22N2O3. The minimum absolute atomic E-state index is 0.458. The van der Waals surface area contributed by atoms with Crippen molar-refractivity contribution in [3.63, 3.8) is 0 Å². The molecule has 0 heterocycles. The summed E-state index contributed by atoms with van der Waals surface area (Å²) < 4.78 is 16.1. The zero-order chi connectivity index (χ0) is 15.3. The monoisotopic (exact) mass is 290 g/mol. The Morgan fingerprint density at radius 1 is 1.19 bits per heavy atom. The van der Waals surface area contributed by atoms with Crippen molar-refractivity contribution in [3.8, 4) is 23.3 Å². The van der Waals surface area contributed by atoms with E-state index in [1.165, 1.54) is 0 Å². The van der Waals surface area contributed by atoms with Crippen LogP contribution in [0, 0.1) is 11.3 Å². The lowest BCUT2D eigenvalue weighted by atomic mass is 10.0. The lowest BCUT2D eigenvalue weighted by Crippen LogP contribution is -2.43. The number of nitriles is 1. The molecule has 0 saturated heterocycles. The van der Waals surface area contributed by atoms with Gasteiger partial charge >= 0.3 is 0 Å². The quantitative estimate of drug-likeness (QED) is 0.797. The molecule has 1 unspecified atom stereocenters. The van der Waals surface area contributed by atoms with Gasteiger partial charge in [-0.1, -0.05) is 0 Å². The minimum atomic E-state index is -0.538. The van der Waals surface area contributed by atoms with Crippen molar-refractivity contribution in [1.82, 2.24) is 5.32 Å². The van der Waals surface area contributed by atoms with Gasteiger partial charge in [-0.25, -0.2) is 0 Å². The van der Waals surface area contributed by atoms with Gasteiger partial charge in [0, 0.05) is 30.7 Å². The Hall–Kier alpha value is -1.93. The molecule has 0 amide bonds. The van der Waals surface area contributed by atoms with Crippen molar-refractivity contribution in [2.24, 2.45) is 0 Å². The summed E-state index contributed by atoms with van der Waals surface area (Å²) in [7, 11) is 3.20. The predicted molar refractivity (Wildman–Crippen MR) is 79.8 cm³/mol. The van der Waals surface area contributed by atoms with Gasteiger partial charge in [-0.3, -0.25) is 5.32 Å². The molecular weight excluding hydrogens is 268 g/mol. The highest BCUT2D eigenvalue weighted by atomic mass is 16.5. The first-order chi connectivity index (χ1) is 10.1. The summed E-state index contributed by atoms with van der Waals surface area (Å²) >= 11 is 0. The number of methoxy groups -OCH3 is 2. The number of nitrogens with zero attached hydrogens (tertiary/aromatic N) is 1. The summed E-state index contributed by atoms with van der Waals surface area (Å²) in [6.45, 7) is 2.38. The first-order valence-electron chi connectivity index (χ1n) is 7.13.